The summed E-state index contributed by atoms with van der Waals surface area (Å²) in [5.74, 6) is 0.708. The third-order valence-corrected chi connectivity index (χ3v) is 10.6. The quantitative estimate of drug-likeness (QED) is 0.185. The standard InChI is InChI=1S/C45H28N4S/c1-5-15-29(16-6-1)37-28-38(48-44(47-37)31-19-9-3-10-20-31)32-25-26-39-35(27-32)41-40-34-23-13-14-24-36(34)46-42(30-17-7-2-8-18-30)43(40)50-45(41)49(39)33-21-11-4-12-22-33/h1-28H. The molecule has 4 heterocycles. The number of thiophene rings is 1. The summed E-state index contributed by atoms with van der Waals surface area (Å²) >= 11 is 1.82. The van der Waals surface area contributed by atoms with Crippen LogP contribution in [-0.2, 0) is 0 Å². The summed E-state index contributed by atoms with van der Waals surface area (Å²) in [6.07, 6.45) is 0. The van der Waals surface area contributed by atoms with E-state index in [1.54, 1.807) is 0 Å². The molecule has 0 saturated heterocycles. The van der Waals surface area contributed by atoms with Crippen LogP contribution in [0.2, 0.25) is 0 Å². The Morgan fingerprint density at radius 2 is 1.04 bits per heavy atom. The zero-order valence-electron chi connectivity index (χ0n) is 26.9. The highest BCUT2D eigenvalue weighted by atomic mass is 32.1. The number of rotatable bonds is 5. The fraction of sp³-hybridized carbons (Fsp3) is 0. The van der Waals surface area contributed by atoms with Crippen molar-refractivity contribution in [1.29, 1.82) is 0 Å². The van der Waals surface area contributed by atoms with Crippen molar-refractivity contribution in [2.75, 3.05) is 0 Å². The lowest BCUT2D eigenvalue weighted by atomic mass is 10.0. The molecule has 10 rings (SSSR count). The van der Waals surface area contributed by atoms with Gasteiger partial charge in [0.15, 0.2) is 5.82 Å². The summed E-state index contributed by atoms with van der Waals surface area (Å²) in [4.78, 5) is 16.7. The van der Waals surface area contributed by atoms with Gasteiger partial charge in [-0.25, -0.2) is 15.0 Å². The van der Waals surface area contributed by atoms with E-state index in [2.05, 4.69) is 150 Å². The summed E-state index contributed by atoms with van der Waals surface area (Å²) < 4.78 is 3.60. The number of fused-ring (bicyclic) bond motifs is 7. The molecule has 50 heavy (non-hydrogen) atoms. The van der Waals surface area contributed by atoms with E-state index >= 15 is 0 Å². The molecule has 5 heteroatoms. The monoisotopic (exact) mass is 656 g/mol. The minimum atomic E-state index is 0.708. The van der Waals surface area contributed by atoms with Crippen LogP contribution in [0.1, 0.15) is 0 Å². The average molecular weight is 657 g/mol. The number of aromatic nitrogens is 4. The molecule has 0 aliphatic carbocycles. The fourth-order valence-electron chi connectivity index (χ4n) is 7.10. The van der Waals surface area contributed by atoms with E-state index in [0.717, 1.165) is 61.4 Å². The summed E-state index contributed by atoms with van der Waals surface area (Å²) in [7, 11) is 0. The van der Waals surface area contributed by atoms with Gasteiger partial charge in [0.2, 0.25) is 0 Å². The van der Waals surface area contributed by atoms with Crippen molar-refractivity contribution < 1.29 is 0 Å². The number of benzene rings is 6. The molecular formula is C45H28N4S. The van der Waals surface area contributed by atoms with Crippen LogP contribution in [0.3, 0.4) is 0 Å². The van der Waals surface area contributed by atoms with Gasteiger partial charge in [0.25, 0.3) is 0 Å². The highest BCUT2D eigenvalue weighted by Crippen LogP contribution is 2.48. The third-order valence-electron chi connectivity index (χ3n) is 9.41. The zero-order chi connectivity index (χ0) is 33.0. The van der Waals surface area contributed by atoms with Crippen molar-refractivity contribution in [2.45, 2.75) is 0 Å². The molecule has 6 aromatic carbocycles. The normalized spacial score (nSPS) is 11.6. The van der Waals surface area contributed by atoms with Gasteiger partial charge in [-0.1, -0.05) is 133 Å². The van der Waals surface area contributed by atoms with Crippen molar-refractivity contribution in [2.24, 2.45) is 0 Å². The summed E-state index contributed by atoms with van der Waals surface area (Å²) in [6, 6.07) is 59.3. The maximum atomic E-state index is 5.26. The Bertz CT molecular complexity index is 2780. The van der Waals surface area contributed by atoms with Crippen LogP contribution in [0.15, 0.2) is 170 Å². The van der Waals surface area contributed by atoms with Gasteiger partial charge >= 0.3 is 0 Å². The Hall–Kier alpha value is -6.43. The van der Waals surface area contributed by atoms with Gasteiger partial charge in [-0.2, -0.15) is 0 Å². The number of pyridine rings is 1. The molecule has 0 aliphatic heterocycles. The lowest BCUT2D eigenvalue weighted by Crippen LogP contribution is -1.96. The van der Waals surface area contributed by atoms with Gasteiger partial charge in [-0.15, -0.1) is 11.3 Å². The van der Waals surface area contributed by atoms with Crippen molar-refractivity contribution >= 4 is 53.4 Å². The second-order valence-electron chi connectivity index (χ2n) is 12.4. The van der Waals surface area contributed by atoms with E-state index in [4.69, 9.17) is 15.0 Å². The summed E-state index contributed by atoms with van der Waals surface area (Å²) in [5.41, 5.74) is 10.3. The Balaban J connectivity index is 1.31. The Morgan fingerprint density at radius 3 is 1.76 bits per heavy atom. The Labute approximate surface area is 292 Å². The Kier molecular flexibility index (Phi) is 6.64. The first-order valence-corrected chi connectivity index (χ1v) is 17.5. The molecule has 0 radical (unpaired) electrons. The lowest BCUT2D eigenvalue weighted by molar-refractivity contribution is 1.18. The molecule has 0 bridgehead atoms. The second kappa shape index (κ2) is 11.6. The summed E-state index contributed by atoms with van der Waals surface area (Å²) in [5, 5.41) is 4.82. The highest BCUT2D eigenvalue weighted by molar-refractivity contribution is 7.26. The van der Waals surface area contributed by atoms with E-state index < -0.39 is 0 Å². The first kappa shape index (κ1) is 28.6. The van der Waals surface area contributed by atoms with Crippen molar-refractivity contribution in [3.8, 4) is 50.8 Å². The molecule has 0 aliphatic rings. The molecule has 234 valence electrons. The third kappa shape index (κ3) is 4.63. The van der Waals surface area contributed by atoms with Crippen LogP contribution in [0.5, 0.6) is 0 Å². The molecule has 0 atom stereocenters. The second-order valence-corrected chi connectivity index (χ2v) is 13.4. The van der Waals surface area contributed by atoms with Crippen LogP contribution in [0, 0.1) is 0 Å². The molecule has 0 unspecified atom stereocenters. The number of hydrogen-bond acceptors (Lipinski definition) is 4. The molecule has 0 N–H and O–H groups in total. The van der Waals surface area contributed by atoms with Crippen LogP contribution in [0.4, 0.5) is 0 Å². The van der Waals surface area contributed by atoms with Gasteiger partial charge in [-0.3, -0.25) is 0 Å². The van der Waals surface area contributed by atoms with E-state index in [9.17, 15) is 0 Å². The van der Waals surface area contributed by atoms with Crippen LogP contribution >= 0.6 is 11.3 Å². The first-order valence-electron chi connectivity index (χ1n) is 16.7. The van der Waals surface area contributed by atoms with E-state index in [1.807, 2.05) is 35.6 Å². The molecular weight excluding hydrogens is 629 g/mol. The van der Waals surface area contributed by atoms with Gasteiger partial charge in [0, 0.05) is 49.5 Å². The smallest absolute Gasteiger partial charge is 0.160 e. The number of hydrogen-bond donors (Lipinski definition) is 0. The average Bonchev–Trinajstić information content (AvgIpc) is 3.74. The predicted octanol–water partition coefficient (Wildman–Crippen LogP) is 12.0. The SMILES string of the molecule is c1ccc(-c2cc(-c3ccc4c(c3)c3c5c(sc3n4-c3ccccc3)c(-c3ccccc3)nc3ccccc35)nc(-c3ccccc3)n2)cc1. The van der Waals surface area contributed by atoms with E-state index in [1.165, 1.54) is 25.7 Å². The molecule has 0 saturated carbocycles. The highest BCUT2D eigenvalue weighted by Gasteiger charge is 2.23. The van der Waals surface area contributed by atoms with Crippen LogP contribution < -0.4 is 0 Å². The molecule has 4 aromatic heterocycles. The van der Waals surface area contributed by atoms with Gasteiger partial charge in [0.1, 0.15) is 4.83 Å². The van der Waals surface area contributed by atoms with Gasteiger partial charge in [0.05, 0.1) is 32.8 Å². The molecule has 0 amide bonds. The predicted molar refractivity (Wildman–Crippen MR) is 209 cm³/mol. The van der Waals surface area contributed by atoms with Crippen molar-refractivity contribution in [3.63, 3.8) is 0 Å². The number of nitrogens with zero attached hydrogens (tertiary/aromatic N) is 4. The number of para-hydroxylation sites is 2. The maximum absolute atomic E-state index is 5.26. The Morgan fingerprint density at radius 1 is 0.440 bits per heavy atom. The van der Waals surface area contributed by atoms with Gasteiger partial charge < -0.3 is 4.57 Å². The minimum Gasteiger partial charge on any atom is -0.301 e. The molecule has 0 spiro atoms. The van der Waals surface area contributed by atoms with Crippen molar-refractivity contribution in [1.82, 2.24) is 19.5 Å². The first-order chi connectivity index (χ1) is 24.8. The lowest BCUT2D eigenvalue weighted by Gasteiger charge is -2.11. The van der Waals surface area contributed by atoms with Crippen LogP contribution in [0.25, 0.3) is 93.0 Å². The fourth-order valence-corrected chi connectivity index (χ4v) is 8.47. The van der Waals surface area contributed by atoms with Crippen molar-refractivity contribution in [3.05, 3.63) is 170 Å². The maximum Gasteiger partial charge on any atom is 0.160 e. The van der Waals surface area contributed by atoms with E-state index in [-0.39, 0.29) is 0 Å². The molecule has 4 nitrogen and oxygen atoms in total. The topological polar surface area (TPSA) is 43.6 Å². The molecule has 10 aromatic rings. The van der Waals surface area contributed by atoms with Crippen LogP contribution in [-0.4, -0.2) is 19.5 Å². The largest absolute Gasteiger partial charge is 0.301 e. The minimum absolute atomic E-state index is 0.708. The van der Waals surface area contributed by atoms with E-state index in [0.29, 0.717) is 5.82 Å². The zero-order valence-corrected chi connectivity index (χ0v) is 27.7. The summed E-state index contributed by atoms with van der Waals surface area (Å²) in [6.45, 7) is 0. The van der Waals surface area contributed by atoms with Gasteiger partial charge in [-0.05, 0) is 36.4 Å². The molecule has 0 fully saturated rings.